The predicted molar refractivity (Wildman–Crippen MR) is 82.9 cm³/mol. The van der Waals surface area contributed by atoms with Crippen LogP contribution < -0.4 is 10.8 Å². The first-order valence-corrected chi connectivity index (χ1v) is 8.61. The van der Waals surface area contributed by atoms with Crippen molar-refractivity contribution in [3.8, 4) is 0 Å². The highest BCUT2D eigenvalue weighted by Crippen LogP contribution is 2.34. The number of hydrogen-bond acceptors (Lipinski definition) is 5. The van der Waals surface area contributed by atoms with Gasteiger partial charge in [0.25, 0.3) is 0 Å². The molecule has 1 heterocycles. The van der Waals surface area contributed by atoms with Crippen molar-refractivity contribution in [2.45, 2.75) is 69.8 Å². The standard InChI is InChI=1S/C15H25N5O3/c16-20-18-12-6-4-9(5-7-12)14-17-13(19-23-14)10-2-1-3-11(8-10)15(21)22/h9-14,17,19H,1-8H2,(H,21,22). The van der Waals surface area contributed by atoms with Gasteiger partial charge in [0.05, 0.1) is 12.1 Å². The maximum Gasteiger partial charge on any atom is 0.306 e. The van der Waals surface area contributed by atoms with Crippen LogP contribution in [-0.2, 0) is 9.63 Å². The highest BCUT2D eigenvalue weighted by atomic mass is 16.7. The summed E-state index contributed by atoms with van der Waals surface area (Å²) in [5.74, 6) is -0.192. The molecular weight excluding hydrogens is 298 g/mol. The van der Waals surface area contributed by atoms with Crippen molar-refractivity contribution in [3.05, 3.63) is 10.4 Å². The maximum atomic E-state index is 11.2. The molecule has 0 bridgehead atoms. The molecule has 3 N–H and O–H groups in total. The van der Waals surface area contributed by atoms with Crippen LogP contribution in [0.5, 0.6) is 0 Å². The Kier molecular flexibility index (Phi) is 5.38. The van der Waals surface area contributed by atoms with E-state index in [-0.39, 0.29) is 24.4 Å². The number of carbonyl (C=O) groups is 1. The molecule has 0 aromatic heterocycles. The molecular formula is C15H25N5O3. The third-order valence-corrected chi connectivity index (χ3v) is 5.59. The molecule has 1 aliphatic heterocycles. The summed E-state index contributed by atoms with van der Waals surface area (Å²) in [6, 6.07) is 0.121. The Labute approximate surface area is 135 Å². The van der Waals surface area contributed by atoms with Gasteiger partial charge in [-0.15, -0.1) is 0 Å². The van der Waals surface area contributed by atoms with Gasteiger partial charge in [0.1, 0.15) is 6.23 Å². The topological polar surface area (TPSA) is 119 Å². The number of aliphatic carboxylic acids is 1. The first-order valence-electron chi connectivity index (χ1n) is 8.61. The molecule has 0 amide bonds. The predicted octanol–water partition coefficient (Wildman–Crippen LogP) is 2.52. The van der Waals surface area contributed by atoms with E-state index < -0.39 is 5.97 Å². The molecule has 8 nitrogen and oxygen atoms in total. The third-order valence-electron chi connectivity index (χ3n) is 5.59. The van der Waals surface area contributed by atoms with Gasteiger partial charge in [-0.25, -0.2) is 0 Å². The zero-order valence-electron chi connectivity index (χ0n) is 13.2. The summed E-state index contributed by atoms with van der Waals surface area (Å²) in [7, 11) is 0. The van der Waals surface area contributed by atoms with E-state index in [9.17, 15) is 9.90 Å². The number of hydroxylamine groups is 1. The number of nitrogens with one attached hydrogen (secondary N) is 2. The molecule has 3 rings (SSSR count). The Morgan fingerprint density at radius 1 is 1.17 bits per heavy atom. The van der Waals surface area contributed by atoms with E-state index in [1.165, 1.54) is 0 Å². The minimum atomic E-state index is -0.679. The lowest BCUT2D eigenvalue weighted by atomic mass is 9.79. The quantitative estimate of drug-likeness (QED) is 0.417. The normalized spacial score (nSPS) is 41.2. The van der Waals surface area contributed by atoms with Crippen LogP contribution in [0.2, 0.25) is 0 Å². The summed E-state index contributed by atoms with van der Waals surface area (Å²) in [5, 5.41) is 16.5. The van der Waals surface area contributed by atoms with Crippen LogP contribution in [0, 0.1) is 17.8 Å². The van der Waals surface area contributed by atoms with Crippen LogP contribution in [0.4, 0.5) is 0 Å². The van der Waals surface area contributed by atoms with Gasteiger partial charge >= 0.3 is 5.97 Å². The third kappa shape index (κ3) is 3.95. The van der Waals surface area contributed by atoms with Crippen molar-refractivity contribution in [1.82, 2.24) is 10.8 Å². The molecule has 3 aliphatic rings. The highest BCUT2D eigenvalue weighted by molar-refractivity contribution is 5.70. The van der Waals surface area contributed by atoms with Gasteiger partial charge in [0, 0.05) is 16.9 Å². The van der Waals surface area contributed by atoms with Crippen molar-refractivity contribution >= 4 is 5.97 Å². The van der Waals surface area contributed by atoms with Gasteiger partial charge in [-0.1, -0.05) is 11.5 Å². The maximum absolute atomic E-state index is 11.2. The molecule has 4 atom stereocenters. The van der Waals surface area contributed by atoms with Crippen molar-refractivity contribution < 1.29 is 14.7 Å². The van der Waals surface area contributed by atoms with Gasteiger partial charge in [-0.3, -0.25) is 14.9 Å². The Balaban J connectivity index is 1.49. The minimum Gasteiger partial charge on any atom is -0.481 e. The van der Waals surface area contributed by atoms with Gasteiger partial charge in [-0.05, 0) is 56.4 Å². The second-order valence-corrected chi connectivity index (χ2v) is 7.04. The van der Waals surface area contributed by atoms with Crippen LogP contribution in [-0.4, -0.2) is 29.5 Å². The zero-order valence-corrected chi connectivity index (χ0v) is 13.2. The molecule has 0 aromatic carbocycles. The molecule has 0 radical (unpaired) electrons. The second-order valence-electron chi connectivity index (χ2n) is 7.04. The smallest absolute Gasteiger partial charge is 0.306 e. The van der Waals surface area contributed by atoms with Crippen LogP contribution in [0.1, 0.15) is 51.4 Å². The summed E-state index contributed by atoms with van der Waals surface area (Å²) >= 11 is 0. The zero-order chi connectivity index (χ0) is 16.2. The summed E-state index contributed by atoms with van der Waals surface area (Å²) in [6.45, 7) is 0. The second kappa shape index (κ2) is 7.49. The summed E-state index contributed by atoms with van der Waals surface area (Å²) in [4.78, 5) is 19.8. The van der Waals surface area contributed by atoms with E-state index in [0.717, 1.165) is 44.9 Å². The number of azide groups is 1. The number of nitrogens with zero attached hydrogens (tertiary/aromatic N) is 3. The van der Waals surface area contributed by atoms with Crippen molar-refractivity contribution in [2.75, 3.05) is 0 Å². The first-order chi connectivity index (χ1) is 11.2. The fourth-order valence-corrected chi connectivity index (χ4v) is 4.20. The van der Waals surface area contributed by atoms with Gasteiger partial charge in [-0.2, -0.15) is 5.48 Å². The summed E-state index contributed by atoms with van der Waals surface area (Å²) in [6.07, 6.45) is 7.28. The van der Waals surface area contributed by atoms with Crippen LogP contribution >= 0.6 is 0 Å². The van der Waals surface area contributed by atoms with E-state index in [0.29, 0.717) is 18.3 Å². The molecule has 23 heavy (non-hydrogen) atoms. The summed E-state index contributed by atoms with van der Waals surface area (Å²) in [5.41, 5.74) is 11.6. The molecule has 1 saturated heterocycles. The van der Waals surface area contributed by atoms with Crippen molar-refractivity contribution in [2.24, 2.45) is 22.9 Å². The Morgan fingerprint density at radius 3 is 2.65 bits per heavy atom. The van der Waals surface area contributed by atoms with Gasteiger partial charge < -0.3 is 5.11 Å². The number of carboxylic acid groups (broad SMARTS) is 1. The fraction of sp³-hybridized carbons (Fsp3) is 0.933. The first kappa shape index (κ1) is 16.5. The average molecular weight is 323 g/mol. The van der Waals surface area contributed by atoms with Gasteiger partial charge in [0.2, 0.25) is 0 Å². The molecule has 0 spiro atoms. The molecule has 0 aromatic rings. The SMILES string of the molecule is [N-]=[N+]=NC1CCC(C2NC(C3CCCC(C(=O)O)C3)NO2)CC1. The molecule has 2 aliphatic carbocycles. The molecule has 8 heteroatoms. The van der Waals surface area contributed by atoms with E-state index in [1.54, 1.807) is 0 Å². The molecule has 3 fully saturated rings. The van der Waals surface area contributed by atoms with Crippen LogP contribution in [0.15, 0.2) is 5.11 Å². The van der Waals surface area contributed by atoms with Crippen LogP contribution in [0.25, 0.3) is 10.4 Å². The number of hydrogen-bond donors (Lipinski definition) is 3. The lowest BCUT2D eigenvalue weighted by Gasteiger charge is -2.31. The highest BCUT2D eigenvalue weighted by Gasteiger charge is 2.39. The molecule has 2 saturated carbocycles. The minimum absolute atomic E-state index is 0.0304. The fourth-order valence-electron chi connectivity index (χ4n) is 4.20. The number of carboxylic acids is 1. The van der Waals surface area contributed by atoms with Gasteiger partial charge in [0.15, 0.2) is 0 Å². The lowest BCUT2D eigenvalue weighted by Crippen LogP contribution is -2.44. The van der Waals surface area contributed by atoms with Crippen molar-refractivity contribution in [1.29, 1.82) is 0 Å². The largest absolute Gasteiger partial charge is 0.481 e. The number of rotatable bonds is 4. The van der Waals surface area contributed by atoms with E-state index in [1.807, 2.05) is 0 Å². The Bertz CT molecular complexity index is 474. The van der Waals surface area contributed by atoms with E-state index >= 15 is 0 Å². The molecule has 4 unspecified atom stereocenters. The van der Waals surface area contributed by atoms with E-state index in [2.05, 4.69) is 20.8 Å². The molecule has 128 valence electrons. The summed E-state index contributed by atoms with van der Waals surface area (Å²) < 4.78 is 0. The van der Waals surface area contributed by atoms with E-state index in [4.69, 9.17) is 10.4 Å². The Hall–Kier alpha value is -1.34. The van der Waals surface area contributed by atoms with Crippen LogP contribution in [0.3, 0.4) is 0 Å². The van der Waals surface area contributed by atoms with Crippen molar-refractivity contribution in [3.63, 3.8) is 0 Å². The monoisotopic (exact) mass is 323 g/mol. The lowest BCUT2D eigenvalue weighted by molar-refractivity contribution is -0.143. The average Bonchev–Trinajstić information content (AvgIpc) is 3.06. The Morgan fingerprint density at radius 2 is 1.96 bits per heavy atom.